The summed E-state index contributed by atoms with van der Waals surface area (Å²) >= 11 is 0. The third-order valence-corrected chi connectivity index (χ3v) is 3.57. The standard InChI is InChI=1S/C14H18F2N2O/c1-8(9-3-4-9)7-18-14(19)10-5-11(15)13(17-2)12(16)6-10/h5-6,8-9,17H,3-4,7H2,1-2H3,(H,18,19). The maximum absolute atomic E-state index is 13.5. The van der Waals surface area contributed by atoms with Crippen molar-refractivity contribution >= 4 is 11.6 Å². The predicted molar refractivity (Wildman–Crippen MR) is 70.1 cm³/mol. The first-order valence-corrected chi connectivity index (χ1v) is 6.48. The summed E-state index contributed by atoms with van der Waals surface area (Å²) in [5.41, 5.74) is -0.208. The van der Waals surface area contributed by atoms with E-state index in [1.165, 1.54) is 19.9 Å². The largest absolute Gasteiger partial charge is 0.383 e. The Morgan fingerprint density at radius 1 is 1.37 bits per heavy atom. The van der Waals surface area contributed by atoms with Gasteiger partial charge < -0.3 is 10.6 Å². The molecule has 0 spiro atoms. The molecule has 1 aliphatic rings. The van der Waals surface area contributed by atoms with Gasteiger partial charge >= 0.3 is 0 Å². The van der Waals surface area contributed by atoms with Gasteiger partial charge in [0.25, 0.3) is 5.91 Å². The molecule has 1 aromatic rings. The number of hydrogen-bond donors (Lipinski definition) is 2. The van der Waals surface area contributed by atoms with Gasteiger partial charge in [0, 0.05) is 19.2 Å². The second-order valence-corrected chi connectivity index (χ2v) is 5.09. The first-order valence-electron chi connectivity index (χ1n) is 6.48. The molecule has 5 heteroatoms. The summed E-state index contributed by atoms with van der Waals surface area (Å²) in [6.45, 7) is 2.61. The summed E-state index contributed by atoms with van der Waals surface area (Å²) in [4.78, 5) is 11.8. The van der Waals surface area contributed by atoms with Crippen LogP contribution in [-0.2, 0) is 0 Å². The van der Waals surface area contributed by atoms with E-state index >= 15 is 0 Å². The smallest absolute Gasteiger partial charge is 0.251 e. The molecule has 3 nitrogen and oxygen atoms in total. The molecule has 1 unspecified atom stereocenters. The Bertz CT molecular complexity index is 463. The maximum Gasteiger partial charge on any atom is 0.251 e. The number of hydrogen-bond acceptors (Lipinski definition) is 2. The van der Waals surface area contributed by atoms with Crippen LogP contribution in [0.1, 0.15) is 30.1 Å². The average Bonchev–Trinajstić information content (AvgIpc) is 3.19. The molecule has 19 heavy (non-hydrogen) atoms. The van der Waals surface area contributed by atoms with E-state index in [2.05, 4.69) is 17.6 Å². The van der Waals surface area contributed by atoms with Gasteiger partial charge in [-0.3, -0.25) is 4.79 Å². The molecule has 0 aromatic heterocycles. The molecule has 2 N–H and O–H groups in total. The van der Waals surface area contributed by atoms with Crippen molar-refractivity contribution in [1.29, 1.82) is 0 Å². The van der Waals surface area contributed by atoms with Crippen molar-refractivity contribution in [2.75, 3.05) is 18.9 Å². The SMILES string of the molecule is CNc1c(F)cc(C(=O)NCC(C)C2CC2)cc1F. The minimum atomic E-state index is -0.761. The van der Waals surface area contributed by atoms with Gasteiger partial charge in [0.2, 0.25) is 0 Å². The lowest BCUT2D eigenvalue weighted by Gasteiger charge is -2.12. The highest BCUT2D eigenvalue weighted by atomic mass is 19.1. The number of halogens is 2. The van der Waals surface area contributed by atoms with Crippen molar-refractivity contribution in [3.63, 3.8) is 0 Å². The van der Waals surface area contributed by atoms with Crippen molar-refractivity contribution < 1.29 is 13.6 Å². The van der Waals surface area contributed by atoms with Crippen LogP contribution >= 0.6 is 0 Å². The molecule has 1 aliphatic carbocycles. The third-order valence-electron chi connectivity index (χ3n) is 3.57. The molecule has 104 valence electrons. The zero-order chi connectivity index (χ0) is 14.0. The van der Waals surface area contributed by atoms with E-state index in [9.17, 15) is 13.6 Å². The zero-order valence-corrected chi connectivity index (χ0v) is 11.1. The molecular weight excluding hydrogens is 250 g/mol. The molecule has 0 bridgehead atoms. The number of amides is 1. The van der Waals surface area contributed by atoms with Crippen LogP contribution in [0, 0.1) is 23.5 Å². The van der Waals surface area contributed by atoms with Crippen molar-refractivity contribution in [2.24, 2.45) is 11.8 Å². The highest BCUT2D eigenvalue weighted by Crippen LogP contribution is 2.36. The molecule has 0 saturated heterocycles. The summed E-state index contributed by atoms with van der Waals surface area (Å²) in [5.74, 6) is -0.866. The van der Waals surface area contributed by atoms with Crippen LogP contribution in [0.25, 0.3) is 0 Å². The van der Waals surface area contributed by atoms with Gasteiger partial charge in [-0.15, -0.1) is 0 Å². The number of carbonyl (C=O) groups is 1. The van der Waals surface area contributed by atoms with Gasteiger partial charge in [-0.1, -0.05) is 6.92 Å². The minimum Gasteiger partial charge on any atom is -0.383 e. The van der Waals surface area contributed by atoms with Gasteiger partial charge in [-0.05, 0) is 36.8 Å². The van der Waals surface area contributed by atoms with Crippen molar-refractivity contribution in [1.82, 2.24) is 5.32 Å². The average molecular weight is 268 g/mol. The van der Waals surface area contributed by atoms with E-state index in [1.54, 1.807) is 0 Å². The van der Waals surface area contributed by atoms with Crippen molar-refractivity contribution in [3.05, 3.63) is 29.3 Å². The monoisotopic (exact) mass is 268 g/mol. The van der Waals surface area contributed by atoms with Crippen LogP contribution in [0.2, 0.25) is 0 Å². The van der Waals surface area contributed by atoms with E-state index in [1.807, 2.05) is 0 Å². The Morgan fingerprint density at radius 3 is 2.42 bits per heavy atom. The highest BCUT2D eigenvalue weighted by Gasteiger charge is 2.28. The van der Waals surface area contributed by atoms with Gasteiger partial charge in [0.15, 0.2) is 0 Å². The Morgan fingerprint density at radius 2 is 1.95 bits per heavy atom. The van der Waals surface area contributed by atoms with Gasteiger partial charge in [-0.25, -0.2) is 8.78 Å². The van der Waals surface area contributed by atoms with E-state index < -0.39 is 17.5 Å². The van der Waals surface area contributed by atoms with E-state index in [0.29, 0.717) is 18.4 Å². The van der Waals surface area contributed by atoms with Crippen LogP contribution in [0.15, 0.2) is 12.1 Å². The first kappa shape index (κ1) is 13.8. The molecule has 1 saturated carbocycles. The third kappa shape index (κ3) is 3.22. The summed E-state index contributed by atoms with van der Waals surface area (Å²) in [6, 6.07) is 2.10. The molecule has 1 aromatic carbocycles. The number of nitrogens with one attached hydrogen (secondary N) is 2. The summed E-state index contributed by atoms with van der Waals surface area (Å²) in [7, 11) is 1.43. The Kier molecular flexibility index (Phi) is 4.02. The topological polar surface area (TPSA) is 41.1 Å². The van der Waals surface area contributed by atoms with Crippen LogP contribution in [0.4, 0.5) is 14.5 Å². The number of benzene rings is 1. The lowest BCUT2D eigenvalue weighted by Crippen LogP contribution is -2.29. The van der Waals surface area contributed by atoms with Crippen LogP contribution in [0.3, 0.4) is 0 Å². The molecule has 2 rings (SSSR count). The fourth-order valence-corrected chi connectivity index (χ4v) is 2.13. The lowest BCUT2D eigenvalue weighted by atomic mass is 10.1. The fourth-order valence-electron chi connectivity index (χ4n) is 2.13. The molecule has 0 aliphatic heterocycles. The normalized spacial score (nSPS) is 16.0. The van der Waals surface area contributed by atoms with E-state index in [4.69, 9.17) is 0 Å². The predicted octanol–water partition coefficient (Wildman–Crippen LogP) is 2.78. The number of rotatable bonds is 5. The van der Waals surface area contributed by atoms with Gasteiger partial charge in [-0.2, -0.15) is 0 Å². The fraction of sp³-hybridized carbons (Fsp3) is 0.500. The summed E-state index contributed by atoms with van der Waals surface area (Å²) in [5, 5.41) is 5.14. The number of anilines is 1. The Balaban J connectivity index is 2.02. The quantitative estimate of drug-likeness (QED) is 0.862. The van der Waals surface area contributed by atoms with Gasteiger partial charge in [0.05, 0.1) is 0 Å². The Labute approximate surface area is 111 Å². The van der Waals surface area contributed by atoms with Crippen LogP contribution in [-0.4, -0.2) is 19.5 Å². The maximum atomic E-state index is 13.5. The first-order chi connectivity index (χ1) is 9.02. The van der Waals surface area contributed by atoms with Crippen molar-refractivity contribution in [3.8, 4) is 0 Å². The Hall–Kier alpha value is -1.65. The van der Waals surface area contributed by atoms with Crippen LogP contribution in [0.5, 0.6) is 0 Å². The summed E-state index contributed by atoms with van der Waals surface area (Å²) < 4.78 is 27.1. The minimum absolute atomic E-state index is 0.0111. The zero-order valence-electron chi connectivity index (χ0n) is 11.1. The second kappa shape index (κ2) is 5.55. The van der Waals surface area contributed by atoms with Crippen molar-refractivity contribution in [2.45, 2.75) is 19.8 Å². The lowest BCUT2D eigenvalue weighted by molar-refractivity contribution is 0.0946. The highest BCUT2D eigenvalue weighted by molar-refractivity contribution is 5.94. The molecule has 0 radical (unpaired) electrons. The molecular formula is C14H18F2N2O. The molecule has 0 heterocycles. The molecule has 1 atom stereocenters. The molecule has 1 fully saturated rings. The molecule has 1 amide bonds. The van der Waals surface area contributed by atoms with E-state index in [-0.39, 0.29) is 11.3 Å². The number of carbonyl (C=O) groups excluding carboxylic acids is 1. The van der Waals surface area contributed by atoms with Gasteiger partial charge in [0.1, 0.15) is 17.3 Å². The second-order valence-electron chi connectivity index (χ2n) is 5.09. The van der Waals surface area contributed by atoms with E-state index in [0.717, 1.165) is 12.1 Å². The summed E-state index contributed by atoms with van der Waals surface area (Å²) in [6.07, 6.45) is 2.41. The van der Waals surface area contributed by atoms with Crippen LogP contribution < -0.4 is 10.6 Å².